The van der Waals surface area contributed by atoms with E-state index in [1.54, 1.807) is 43.3 Å². The van der Waals surface area contributed by atoms with Gasteiger partial charge in [0.1, 0.15) is 5.75 Å². The molecule has 0 atom stereocenters. The maximum atomic E-state index is 12.5. The molecule has 0 bridgehead atoms. The molecule has 0 saturated carbocycles. The van der Waals surface area contributed by atoms with Crippen LogP contribution in [0.1, 0.15) is 27.2 Å². The number of hydrogen-bond acceptors (Lipinski definition) is 7. The van der Waals surface area contributed by atoms with Gasteiger partial charge in [0.15, 0.2) is 0 Å². The standard InChI is InChI=1S/C23H22N4O5S/c1-14-5-3-4-6-22(14)33(29,30)27-32-23(28)16-8-7-15(21(12-16)31-2)11-19-18-10-9-17(24)13-20(18)26-25-19/h3-10,12-13,27H,11,24H2,1-2H3,(H,25,26). The van der Waals surface area contributed by atoms with Crippen molar-refractivity contribution in [3.8, 4) is 5.75 Å². The SMILES string of the molecule is COc1cc(C(=O)ONS(=O)(=O)c2ccccc2C)ccc1Cc1n[nH]c2cc(N)ccc12. The fourth-order valence-corrected chi connectivity index (χ4v) is 4.51. The summed E-state index contributed by atoms with van der Waals surface area (Å²) in [7, 11) is -2.54. The first kappa shape index (κ1) is 22.3. The minimum atomic E-state index is -4.02. The molecule has 0 aliphatic heterocycles. The smallest absolute Gasteiger partial charge is 0.357 e. The van der Waals surface area contributed by atoms with E-state index in [0.717, 1.165) is 22.2 Å². The zero-order valence-electron chi connectivity index (χ0n) is 18.0. The molecule has 1 aromatic heterocycles. The van der Waals surface area contributed by atoms with Crippen LogP contribution in [0.4, 0.5) is 5.69 Å². The molecule has 10 heteroatoms. The molecule has 1 heterocycles. The number of sulfonamides is 1. The lowest BCUT2D eigenvalue weighted by Crippen LogP contribution is -2.28. The van der Waals surface area contributed by atoms with Crippen LogP contribution in [0, 0.1) is 6.92 Å². The van der Waals surface area contributed by atoms with E-state index in [4.69, 9.17) is 15.3 Å². The van der Waals surface area contributed by atoms with Crippen molar-refractivity contribution in [2.45, 2.75) is 18.2 Å². The van der Waals surface area contributed by atoms with E-state index in [1.165, 1.54) is 25.3 Å². The van der Waals surface area contributed by atoms with Gasteiger partial charge in [0.05, 0.1) is 28.8 Å². The number of carbonyl (C=O) groups is 1. The van der Waals surface area contributed by atoms with Crippen LogP contribution >= 0.6 is 0 Å². The van der Waals surface area contributed by atoms with Gasteiger partial charge in [-0.1, -0.05) is 24.3 Å². The Morgan fingerprint density at radius 3 is 2.67 bits per heavy atom. The van der Waals surface area contributed by atoms with Crippen molar-refractivity contribution in [3.05, 3.63) is 83.0 Å². The number of aromatic amines is 1. The number of H-pyrrole nitrogens is 1. The van der Waals surface area contributed by atoms with E-state index >= 15 is 0 Å². The van der Waals surface area contributed by atoms with Gasteiger partial charge in [-0.25, -0.2) is 13.2 Å². The Morgan fingerprint density at radius 1 is 1.12 bits per heavy atom. The van der Waals surface area contributed by atoms with Gasteiger partial charge in [-0.2, -0.15) is 5.10 Å². The second-order valence-corrected chi connectivity index (χ2v) is 9.03. The summed E-state index contributed by atoms with van der Waals surface area (Å²) in [6.45, 7) is 1.65. The molecule has 0 saturated heterocycles. The van der Waals surface area contributed by atoms with Crippen LogP contribution in [0.25, 0.3) is 10.9 Å². The maximum absolute atomic E-state index is 12.5. The summed E-state index contributed by atoms with van der Waals surface area (Å²) in [4.78, 5) is 19.2. The van der Waals surface area contributed by atoms with E-state index in [1.807, 2.05) is 11.0 Å². The van der Waals surface area contributed by atoms with Crippen LogP contribution in [-0.2, 0) is 21.3 Å². The summed E-state index contributed by atoms with van der Waals surface area (Å²) in [6.07, 6.45) is 0.447. The Balaban J connectivity index is 1.51. The quantitative estimate of drug-likeness (QED) is 0.281. The monoisotopic (exact) mass is 466 g/mol. The highest BCUT2D eigenvalue weighted by molar-refractivity contribution is 7.89. The van der Waals surface area contributed by atoms with Crippen molar-refractivity contribution in [2.75, 3.05) is 12.8 Å². The molecule has 170 valence electrons. The molecule has 4 rings (SSSR count). The molecule has 9 nitrogen and oxygen atoms in total. The summed E-state index contributed by atoms with van der Waals surface area (Å²) in [5.41, 5.74) is 9.52. The Kier molecular flexibility index (Phi) is 6.03. The summed E-state index contributed by atoms with van der Waals surface area (Å²) >= 11 is 0. The van der Waals surface area contributed by atoms with Gasteiger partial charge in [-0.05, 0) is 53.8 Å². The summed E-state index contributed by atoms with van der Waals surface area (Å²) < 4.78 is 30.3. The molecule has 0 fully saturated rings. The first-order valence-corrected chi connectivity index (χ1v) is 11.4. The number of rotatable bonds is 7. The van der Waals surface area contributed by atoms with E-state index < -0.39 is 16.0 Å². The van der Waals surface area contributed by atoms with Gasteiger partial charge in [-0.15, -0.1) is 0 Å². The third-order valence-electron chi connectivity index (χ3n) is 5.17. The van der Waals surface area contributed by atoms with E-state index in [0.29, 0.717) is 23.4 Å². The zero-order valence-corrected chi connectivity index (χ0v) is 18.8. The lowest BCUT2D eigenvalue weighted by Gasteiger charge is -2.11. The maximum Gasteiger partial charge on any atom is 0.357 e. The first-order valence-electron chi connectivity index (χ1n) is 9.96. The number of ether oxygens (including phenoxy) is 1. The highest BCUT2D eigenvalue weighted by Crippen LogP contribution is 2.27. The van der Waals surface area contributed by atoms with Gasteiger partial charge in [-0.3, -0.25) is 5.10 Å². The largest absolute Gasteiger partial charge is 0.496 e. The van der Waals surface area contributed by atoms with Crippen LogP contribution in [0.5, 0.6) is 5.75 Å². The van der Waals surface area contributed by atoms with Crippen LogP contribution < -0.4 is 15.4 Å². The number of benzene rings is 3. The van der Waals surface area contributed by atoms with Crippen LogP contribution in [0.15, 0.2) is 65.6 Å². The predicted octanol–water partition coefficient (Wildman–Crippen LogP) is 3.10. The second kappa shape index (κ2) is 8.93. The summed E-state index contributed by atoms with van der Waals surface area (Å²) in [6, 6.07) is 16.6. The number of nitrogen functional groups attached to an aromatic ring is 1. The average molecular weight is 467 g/mol. The van der Waals surface area contributed by atoms with Crippen molar-refractivity contribution in [2.24, 2.45) is 0 Å². The molecule has 3 aromatic carbocycles. The number of aryl methyl sites for hydroxylation is 1. The number of nitrogens with zero attached hydrogens (tertiary/aromatic N) is 1. The molecule has 4 N–H and O–H groups in total. The Labute approximate surface area is 190 Å². The second-order valence-electron chi connectivity index (χ2n) is 7.42. The molecule has 0 amide bonds. The molecule has 0 aliphatic rings. The molecule has 4 aromatic rings. The van der Waals surface area contributed by atoms with Gasteiger partial charge in [0, 0.05) is 23.1 Å². The molecule has 0 radical (unpaired) electrons. The molecule has 0 spiro atoms. The first-order chi connectivity index (χ1) is 15.8. The fourth-order valence-electron chi connectivity index (χ4n) is 3.48. The van der Waals surface area contributed by atoms with Crippen molar-refractivity contribution < 1.29 is 22.8 Å². The van der Waals surface area contributed by atoms with Gasteiger partial charge in [0.2, 0.25) is 0 Å². The Morgan fingerprint density at radius 2 is 1.91 bits per heavy atom. The fraction of sp³-hybridized carbons (Fsp3) is 0.130. The minimum Gasteiger partial charge on any atom is -0.496 e. The third-order valence-corrected chi connectivity index (χ3v) is 6.51. The summed E-state index contributed by atoms with van der Waals surface area (Å²) in [5, 5.41) is 8.24. The average Bonchev–Trinajstić information content (AvgIpc) is 3.19. The van der Waals surface area contributed by atoms with E-state index in [9.17, 15) is 13.2 Å². The normalized spacial score (nSPS) is 11.5. The van der Waals surface area contributed by atoms with Crippen LogP contribution in [-0.4, -0.2) is 31.7 Å². The minimum absolute atomic E-state index is 0.0266. The molecule has 0 aliphatic carbocycles. The number of methoxy groups -OCH3 is 1. The van der Waals surface area contributed by atoms with Gasteiger partial charge >= 0.3 is 5.97 Å². The zero-order chi connectivity index (χ0) is 23.6. The van der Waals surface area contributed by atoms with Gasteiger partial charge in [0.25, 0.3) is 10.0 Å². The number of carbonyl (C=O) groups excluding carboxylic acids is 1. The van der Waals surface area contributed by atoms with E-state index in [-0.39, 0.29) is 10.5 Å². The number of aromatic nitrogens is 2. The van der Waals surface area contributed by atoms with E-state index in [2.05, 4.69) is 10.2 Å². The number of nitrogens with two attached hydrogens (primary N) is 1. The molecular formula is C23H22N4O5S. The van der Waals surface area contributed by atoms with Gasteiger partial charge < -0.3 is 15.3 Å². The highest BCUT2D eigenvalue weighted by atomic mass is 32.2. The lowest BCUT2D eigenvalue weighted by molar-refractivity contribution is 0.0407. The topological polar surface area (TPSA) is 136 Å². The van der Waals surface area contributed by atoms with Crippen molar-refractivity contribution in [1.29, 1.82) is 0 Å². The van der Waals surface area contributed by atoms with Crippen molar-refractivity contribution in [1.82, 2.24) is 15.1 Å². The Bertz CT molecular complexity index is 1450. The van der Waals surface area contributed by atoms with Crippen molar-refractivity contribution in [3.63, 3.8) is 0 Å². The third kappa shape index (κ3) is 4.66. The highest BCUT2D eigenvalue weighted by Gasteiger charge is 2.20. The lowest BCUT2D eigenvalue weighted by atomic mass is 10.0. The molecule has 0 unspecified atom stereocenters. The van der Waals surface area contributed by atoms with Crippen LogP contribution in [0.3, 0.4) is 0 Å². The Hall–Kier alpha value is -3.89. The number of nitrogens with one attached hydrogen (secondary N) is 2. The molecular weight excluding hydrogens is 444 g/mol. The van der Waals surface area contributed by atoms with Crippen LogP contribution in [0.2, 0.25) is 0 Å². The van der Waals surface area contributed by atoms with Crippen molar-refractivity contribution >= 4 is 32.6 Å². The predicted molar refractivity (Wildman–Crippen MR) is 123 cm³/mol. The number of fused-ring (bicyclic) bond motifs is 1. The summed E-state index contributed by atoms with van der Waals surface area (Å²) in [5.74, 6) is -0.421. The number of hydrogen-bond donors (Lipinski definition) is 3. The molecule has 33 heavy (non-hydrogen) atoms. The number of anilines is 1.